The maximum absolute atomic E-state index is 13.4. The fraction of sp³-hybridized carbons (Fsp3) is 0.500. The van der Waals surface area contributed by atoms with E-state index in [1.807, 2.05) is 0 Å². The molecule has 0 saturated heterocycles. The summed E-state index contributed by atoms with van der Waals surface area (Å²) < 4.78 is 23.6. The first kappa shape index (κ1) is 12.9. The number of para-hydroxylation sites is 1. The molecule has 0 aromatic heterocycles. The summed E-state index contributed by atoms with van der Waals surface area (Å²) in [6, 6.07) is 4.52. The minimum Gasteiger partial charge on any atom is -0.490 e. The van der Waals surface area contributed by atoms with E-state index in [2.05, 4.69) is 0 Å². The van der Waals surface area contributed by atoms with Gasteiger partial charge in [-0.05, 0) is 18.9 Å². The number of hydrogen-bond donors (Lipinski definition) is 1. The van der Waals surface area contributed by atoms with Crippen molar-refractivity contribution in [2.75, 3.05) is 20.3 Å². The maximum atomic E-state index is 13.4. The maximum Gasteiger partial charge on any atom is 0.165 e. The van der Waals surface area contributed by atoms with Gasteiger partial charge in [-0.2, -0.15) is 0 Å². The third kappa shape index (κ3) is 3.79. The summed E-state index contributed by atoms with van der Waals surface area (Å²) in [6.07, 6.45) is 1.67. The summed E-state index contributed by atoms with van der Waals surface area (Å²) in [7, 11) is 1.64. The van der Waals surface area contributed by atoms with Crippen molar-refractivity contribution in [1.29, 1.82) is 0 Å². The second kappa shape index (κ2) is 7.19. The number of halogens is 1. The summed E-state index contributed by atoms with van der Waals surface area (Å²) in [4.78, 5) is 0. The van der Waals surface area contributed by atoms with Crippen LogP contribution in [0, 0.1) is 5.82 Å². The zero-order valence-electron chi connectivity index (χ0n) is 9.41. The lowest BCUT2D eigenvalue weighted by Crippen LogP contribution is -2.03. The fourth-order valence-corrected chi connectivity index (χ4v) is 1.36. The number of unbranched alkanes of at least 4 members (excludes halogenated alkanes) is 1. The summed E-state index contributed by atoms with van der Waals surface area (Å²) in [5, 5.41) is 9.02. The first-order valence-electron chi connectivity index (χ1n) is 5.29. The summed E-state index contributed by atoms with van der Waals surface area (Å²) in [6.45, 7) is 0.885. The molecule has 0 heterocycles. The van der Waals surface area contributed by atoms with Crippen LogP contribution in [0.3, 0.4) is 0 Å². The van der Waals surface area contributed by atoms with Crippen molar-refractivity contribution in [2.24, 2.45) is 0 Å². The van der Waals surface area contributed by atoms with E-state index < -0.39 is 5.82 Å². The average Bonchev–Trinajstić information content (AvgIpc) is 2.30. The number of rotatable bonds is 7. The zero-order valence-corrected chi connectivity index (χ0v) is 9.41. The lowest BCUT2D eigenvalue weighted by molar-refractivity contribution is 0.182. The van der Waals surface area contributed by atoms with E-state index in [1.54, 1.807) is 19.2 Å². The van der Waals surface area contributed by atoms with Gasteiger partial charge < -0.3 is 14.6 Å². The molecule has 90 valence electrons. The van der Waals surface area contributed by atoms with Gasteiger partial charge in [0.2, 0.25) is 0 Å². The SMILES string of the molecule is COCCCCOc1c(F)cccc1CO. The molecule has 0 aliphatic heterocycles. The Morgan fingerprint density at radius 2 is 2.00 bits per heavy atom. The Balaban J connectivity index is 2.46. The number of aliphatic hydroxyl groups excluding tert-OH is 1. The Morgan fingerprint density at radius 1 is 1.25 bits per heavy atom. The van der Waals surface area contributed by atoms with Crippen LogP contribution in [0.15, 0.2) is 18.2 Å². The third-order valence-electron chi connectivity index (χ3n) is 2.21. The van der Waals surface area contributed by atoms with Gasteiger partial charge in [0.25, 0.3) is 0 Å². The van der Waals surface area contributed by atoms with Gasteiger partial charge in [0.15, 0.2) is 11.6 Å². The van der Waals surface area contributed by atoms with Crippen LogP contribution in [0.25, 0.3) is 0 Å². The molecule has 1 aromatic rings. The molecule has 0 bridgehead atoms. The summed E-state index contributed by atoms with van der Waals surface area (Å²) >= 11 is 0. The van der Waals surface area contributed by atoms with Crippen LogP contribution in [0.2, 0.25) is 0 Å². The monoisotopic (exact) mass is 228 g/mol. The number of methoxy groups -OCH3 is 1. The fourth-order valence-electron chi connectivity index (χ4n) is 1.36. The predicted octanol–water partition coefficient (Wildman–Crippen LogP) is 2.12. The van der Waals surface area contributed by atoms with E-state index in [9.17, 15) is 4.39 Å². The van der Waals surface area contributed by atoms with E-state index in [0.29, 0.717) is 18.8 Å². The second-order valence-electron chi connectivity index (χ2n) is 3.43. The largest absolute Gasteiger partial charge is 0.490 e. The smallest absolute Gasteiger partial charge is 0.165 e. The number of ether oxygens (including phenoxy) is 2. The first-order chi connectivity index (χ1) is 7.79. The van der Waals surface area contributed by atoms with Gasteiger partial charge in [-0.25, -0.2) is 4.39 Å². The van der Waals surface area contributed by atoms with Crippen LogP contribution < -0.4 is 4.74 Å². The van der Waals surface area contributed by atoms with Crippen molar-refractivity contribution in [3.63, 3.8) is 0 Å². The van der Waals surface area contributed by atoms with Gasteiger partial charge in [0.1, 0.15) is 0 Å². The first-order valence-corrected chi connectivity index (χ1v) is 5.29. The van der Waals surface area contributed by atoms with Crippen LogP contribution in [0.5, 0.6) is 5.75 Å². The summed E-state index contributed by atoms with van der Waals surface area (Å²) in [5.74, 6) is -0.277. The van der Waals surface area contributed by atoms with E-state index in [-0.39, 0.29) is 12.4 Å². The minimum absolute atomic E-state index is 0.155. The molecule has 0 saturated carbocycles. The van der Waals surface area contributed by atoms with Gasteiger partial charge in [-0.1, -0.05) is 12.1 Å². The molecule has 0 aliphatic rings. The highest BCUT2D eigenvalue weighted by Crippen LogP contribution is 2.22. The van der Waals surface area contributed by atoms with Gasteiger partial charge in [0, 0.05) is 19.3 Å². The van der Waals surface area contributed by atoms with Crippen molar-refractivity contribution >= 4 is 0 Å². The van der Waals surface area contributed by atoms with Crippen LogP contribution >= 0.6 is 0 Å². The van der Waals surface area contributed by atoms with Crippen molar-refractivity contribution in [2.45, 2.75) is 19.4 Å². The molecule has 1 aromatic carbocycles. The molecule has 0 radical (unpaired) electrons. The quantitative estimate of drug-likeness (QED) is 0.726. The van der Waals surface area contributed by atoms with Gasteiger partial charge in [0.05, 0.1) is 13.2 Å². The van der Waals surface area contributed by atoms with Crippen molar-refractivity contribution in [1.82, 2.24) is 0 Å². The molecule has 0 unspecified atom stereocenters. The van der Waals surface area contributed by atoms with E-state index in [1.165, 1.54) is 6.07 Å². The molecular weight excluding hydrogens is 211 g/mol. The Morgan fingerprint density at radius 3 is 2.69 bits per heavy atom. The number of aliphatic hydroxyl groups is 1. The van der Waals surface area contributed by atoms with Crippen LogP contribution in [-0.2, 0) is 11.3 Å². The third-order valence-corrected chi connectivity index (χ3v) is 2.21. The van der Waals surface area contributed by atoms with Gasteiger partial charge in [-0.3, -0.25) is 0 Å². The molecular formula is C12H17FO3. The molecule has 0 atom stereocenters. The highest BCUT2D eigenvalue weighted by molar-refractivity contribution is 5.34. The topological polar surface area (TPSA) is 38.7 Å². The molecule has 0 fully saturated rings. The molecule has 0 spiro atoms. The van der Waals surface area contributed by atoms with Crippen molar-refractivity contribution in [3.05, 3.63) is 29.6 Å². The summed E-state index contributed by atoms with van der Waals surface area (Å²) in [5.41, 5.74) is 0.478. The molecule has 4 heteroatoms. The lowest BCUT2D eigenvalue weighted by Gasteiger charge is -2.10. The lowest BCUT2D eigenvalue weighted by atomic mass is 10.2. The Kier molecular flexibility index (Phi) is 5.82. The molecule has 16 heavy (non-hydrogen) atoms. The van der Waals surface area contributed by atoms with Crippen molar-refractivity contribution in [3.8, 4) is 5.75 Å². The zero-order chi connectivity index (χ0) is 11.8. The highest BCUT2D eigenvalue weighted by atomic mass is 19.1. The second-order valence-corrected chi connectivity index (χ2v) is 3.43. The standard InChI is InChI=1S/C12H17FO3/c1-15-7-2-3-8-16-12-10(9-14)5-4-6-11(12)13/h4-6,14H,2-3,7-9H2,1H3. The average molecular weight is 228 g/mol. The van der Waals surface area contributed by atoms with Gasteiger partial charge in [-0.15, -0.1) is 0 Å². The Bertz CT molecular complexity index is 315. The molecule has 0 aliphatic carbocycles. The number of benzene rings is 1. The van der Waals surface area contributed by atoms with Crippen LogP contribution in [-0.4, -0.2) is 25.4 Å². The number of hydrogen-bond acceptors (Lipinski definition) is 3. The minimum atomic E-state index is -0.432. The molecule has 1 rings (SSSR count). The molecule has 3 nitrogen and oxygen atoms in total. The predicted molar refractivity (Wildman–Crippen MR) is 58.9 cm³/mol. The Hall–Kier alpha value is -1.13. The normalized spacial score (nSPS) is 10.4. The van der Waals surface area contributed by atoms with Gasteiger partial charge >= 0.3 is 0 Å². The van der Waals surface area contributed by atoms with Crippen LogP contribution in [0.1, 0.15) is 18.4 Å². The Labute approximate surface area is 94.8 Å². The molecule has 0 amide bonds. The molecule has 1 N–H and O–H groups in total. The van der Waals surface area contributed by atoms with E-state index in [4.69, 9.17) is 14.6 Å². The van der Waals surface area contributed by atoms with E-state index in [0.717, 1.165) is 12.8 Å². The van der Waals surface area contributed by atoms with E-state index >= 15 is 0 Å². The van der Waals surface area contributed by atoms with Crippen LogP contribution in [0.4, 0.5) is 4.39 Å². The highest BCUT2D eigenvalue weighted by Gasteiger charge is 2.08. The van der Waals surface area contributed by atoms with Crippen molar-refractivity contribution < 1.29 is 19.0 Å².